The van der Waals surface area contributed by atoms with Crippen LogP contribution in [0.4, 0.5) is 0 Å². The normalized spacial score (nSPS) is 11.2. The van der Waals surface area contributed by atoms with Crippen molar-refractivity contribution in [2.75, 3.05) is 0 Å². The summed E-state index contributed by atoms with van der Waals surface area (Å²) in [5.41, 5.74) is 9.50. The fraction of sp³-hybridized carbons (Fsp3) is 0.154. The lowest BCUT2D eigenvalue weighted by Gasteiger charge is -2.10. The molecule has 110 valence electrons. The number of thiocarbonyl (C=S) groups is 1. The van der Waals surface area contributed by atoms with Crippen molar-refractivity contribution in [3.05, 3.63) is 45.4 Å². The molecule has 0 saturated carbocycles. The Morgan fingerprint density at radius 2 is 2.29 bits per heavy atom. The average molecular weight is 341 g/mol. The minimum atomic E-state index is 0.118. The summed E-state index contributed by atoms with van der Waals surface area (Å²) in [6.45, 7) is 2.24. The molecule has 3 N–H and O–H groups in total. The first-order valence-electron chi connectivity index (χ1n) is 5.98. The van der Waals surface area contributed by atoms with Gasteiger partial charge in [0.05, 0.1) is 10.6 Å². The summed E-state index contributed by atoms with van der Waals surface area (Å²) in [4.78, 5) is 4.93. The van der Waals surface area contributed by atoms with Crippen molar-refractivity contribution in [3.63, 3.8) is 0 Å². The van der Waals surface area contributed by atoms with E-state index in [2.05, 4.69) is 15.5 Å². The van der Waals surface area contributed by atoms with E-state index < -0.39 is 0 Å². The molecule has 1 aromatic heterocycles. The van der Waals surface area contributed by atoms with Crippen molar-refractivity contribution in [1.82, 2.24) is 10.4 Å². The van der Waals surface area contributed by atoms with Gasteiger partial charge in [-0.2, -0.15) is 5.10 Å². The molecule has 5 nitrogen and oxygen atoms in total. The number of thiazole rings is 1. The van der Waals surface area contributed by atoms with Crippen LogP contribution in [0.1, 0.15) is 17.4 Å². The number of halogens is 1. The number of rotatable bonds is 5. The van der Waals surface area contributed by atoms with Gasteiger partial charge in [0, 0.05) is 11.8 Å². The largest absolute Gasteiger partial charge is 0.487 e. The molecule has 0 unspecified atom stereocenters. The molecule has 2 aromatic rings. The Morgan fingerprint density at radius 3 is 2.95 bits per heavy atom. The topological polar surface area (TPSA) is 72.5 Å². The van der Waals surface area contributed by atoms with E-state index in [9.17, 15) is 0 Å². The summed E-state index contributed by atoms with van der Waals surface area (Å²) < 4.78 is 6.30. The quantitative estimate of drug-likeness (QED) is 0.497. The van der Waals surface area contributed by atoms with Gasteiger partial charge in [0.15, 0.2) is 9.58 Å². The molecule has 0 aliphatic heterocycles. The van der Waals surface area contributed by atoms with E-state index in [1.807, 2.05) is 31.2 Å². The van der Waals surface area contributed by atoms with Crippen LogP contribution in [-0.4, -0.2) is 15.8 Å². The molecule has 0 radical (unpaired) electrons. The fourth-order valence-corrected chi connectivity index (χ4v) is 2.53. The van der Waals surface area contributed by atoms with Crippen LogP contribution in [-0.2, 0) is 6.61 Å². The van der Waals surface area contributed by atoms with Crippen LogP contribution in [0.25, 0.3) is 0 Å². The van der Waals surface area contributed by atoms with Crippen molar-refractivity contribution >= 4 is 46.0 Å². The first-order chi connectivity index (χ1) is 10.1. The van der Waals surface area contributed by atoms with Gasteiger partial charge in [-0.15, -0.1) is 11.3 Å². The van der Waals surface area contributed by atoms with Crippen LogP contribution < -0.4 is 15.9 Å². The number of nitrogens with two attached hydrogens (primary N) is 1. The zero-order valence-corrected chi connectivity index (χ0v) is 13.6. The number of ether oxygens (including phenoxy) is 1. The van der Waals surface area contributed by atoms with Crippen molar-refractivity contribution in [1.29, 1.82) is 0 Å². The van der Waals surface area contributed by atoms with Gasteiger partial charge in [-0.25, -0.2) is 4.98 Å². The molecule has 0 spiro atoms. The monoisotopic (exact) mass is 340 g/mol. The number of benzene rings is 1. The van der Waals surface area contributed by atoms with Crippen molar-refractivity contribution in [2.24, 2.45) is 10.8 Å². The van der Waals surface area contributed by atoms with Gasteiger partial charge in [-0.1, -0.05) is 23.7 Å². The molecule has 0 saturated heterocycles. The SMILES string of the molecule is C/C(=N/NC(N)=S)c1ccccc1OCc1cnc(Cl)s1. The number of nitrogens with zero attached hydrogens (tertiary/aromatic N) is 2. The lowest BCUT2D eigenvalue weighted by Crippen LogP contribution is -2.25. The van der Waals surface area contributed by atoms with E-state index in [0.717, 1.165) is 16.2 Å². The summed E-state index contributed by atoms with van der Waals surface area (Å²) in [5, 5.41) is 4.22. The maximum absolute atomic E-state index is 5.80. The van der Waals surface area contributed by atoms with E-state index in [1.165, 1.54) is 11.3 Å². The minimum absolute atomic E-state index is 0.118. The molecule has 21 heavy (non-hydrogen) atoms. The molecule has 0 amide bonds. The van der Waals surface area contributed by atoms with Gasteiger partial charge in [0.2, 0.25) is 0 Å². The molecule has 0 aliphatic carbocycles. The van der Waals surface area contributed by atoms with Gasteiger partial charge in [-0.05, 0) is 31.3 Å². The minimum Gasteiger partial charge on any atom is -0.487 e. The predicted molar refractivity (Wildman–Crippen MR) is 90.0 cm³/mol. The number of hydrogen-bond donors (Lipinski definition) is 2. The molecule has 8 heteroatoms. The van der Waals surface area contributed by atoms with Crippen LogP contribution in [0.5, 0.6) is 5.75 Å². The summed E-state index contributed by atoms with van der Waals surface area (Å²) in [6.07, 6.45) is 1.70. The van der Waals surface area contributed by atoms with E-state index in [-0.39, 0.29) is 5.11 Å². The second-order valence-electron chi connectivity index (χ2n) is 4.04. The Hall–Kier alpha value is -1.70. The molecule has 1 heterocycles. The molecule has 1 aromatic carbocycles. The van der Waals surface area contributed by atoms with E-state index >= 15 is 0 Å². The van der Waals surface area contributed by atoms with Crippen LogP contribution in [0, 0.1) is 0 Å². The average Bonchev–Trinajstić information content (AvgIpc) is 2.88. The summed E-state index contributed by atoms with van der Waals surface area (Å²) >= 11 is 11.9. The van der Waals surface area contributed by atoms with Gasteiger partial charge in [0.1, 0.15) is 12.4 Å². The van der Waals surface area contributed by atoms with E-state index in [1.54, 1.807) is 6.20 Å². The zero-order chi connectivity index (χ0) is 15.2. The number of hydrazone groups is 1. The van der Waals surface area contributed by atoms with E-state index in [4.69, 9.17) is 34.3 Å². The van der Waals surface area contributed by atoms with E-state index in [0.29, 0.717) is 16.8 Å². The maximum Gasteiger partial charge on any atom is 0.184 e. The third-order valence-corrected chi connectivity index (χ3v) is 3.69. The molecule has 0 atom stereocenters. The van der Waals surface area contributed by atoms with Gasteiger partial charge < -0.3 is 10.5 Å². The number of nitrogens with one attached hydrogen (secondary N) is 1. The zero-order valence-electron chi connectivity index (χ0n) is 11.2. The highest BCUT2D eigenvalue weighted by Crippen LogP contribution is 2.23. The molecule has 2 rings (SSSR count). The van der Waals surface area contributed by atoms with Crippen LogP contribution in [0.3, 0.4) is 0 Å². The van der Waals surface area contributed by atoms with Gasteiger partial charge in [-0.3, -0.25) is 5.43 Å². The Bertz CT molecular complexity index is 672. The first-order valence-corrected chi connectivity index (χ1v) is 7.58. The molecular weight excluding hydrogens is 328 g/mol. The van der Waals surface area contributed by atoms with Crippen molar-refractivity contribution < 1.29 is 4.74 Å². The second-order valence-corrected chi connectivity index (χ2v) is 6.17. The number of para-hydroxylation sites is 1. The predicted octanol–water partition coefficient (Wildman–Crippen LogP) is 2.93. The standard InChI is InChI=1S/C13H13ClN4OS2/c1-8(17-18-13(15)20)10-4-2-3-5-11(10)19-7-9-6-16-12(14)21-9/h2-6H,7H2,1H3,(H3,15,18,20)/b17-8-. The van der Waals surface area contributed by atoms with Crippen molar-refractivity contribution in [3.8, 4) is 5.75 Å². The Kier molecular flexibility index (Phi) is 5.49. The lowest BCUT2D eigenvalue weighted by molar-refractivity contribution is 0.309. The number of hydrogen-bond acceptors (Lipinski definition) is 5. The van der Waals surface area contributed by atoms with Gasteiger partial charge in [0.25, 0.3) is 0 Å². The second kappa shape index (κ2) is 7.35. The summed E-state index contributed by atoms with van der Waals surface area (Å²) in [7, 11) is 0. The van der Waals surface area contributed by atoms with Crippen LogP contribution >= 0.6 is 35.2 Å². The Morgan fingerprint density at radius 1 is 1.52 bits per heavy atom. The molecule has 0 fully saturated rings. The Balaban J connectivity index is 2.12. The smallest absolute Gasteiger partial charge is 0.184 e. The van der Waals surface area contributed by atoms with Crippen LogP contribution in [0.15, 0.2) is 35.6 Å². The lowest BCUT2D eigenvalue weighted by atomic mass is 10.1. The summed E-state index contributed by atoms with van der Waals surface area (Å²) in [5.74, 6) is 0.716. The molecule has 0 aliphatic rings. The highest BCUT2D eigenvalue weighted by Gasteiger charge is 2.08. The van der Waals surface area contributed by atoms with Crippen LogP contribution in [0.2, 0.25) is 4.47 Å². The van der Waals surface area contributed by atoms with Gasteiger partial charge >= 0.3 is 0 Å². The maximum atomic E-state index is 5.80. The molecule has 0 bridgehead atoms. The molecular formula is C13H13ClN4OS2. The third kappa shape index (κ3) is 4.66. The Labute approximate surface area is 136 Å². The highest BCUT2D eigenvalue weighted by molar-refractivity contribution is 7.80. The third-order valence-electron chi connectivity index (χ3n) is 2.51. The number of aromatic nitrogens is 1. The summed E-state index contributed by atoms with van der Waals surface area (Å²) in [6, 6.07) is 7.59. The van der Waals surface area contributed by atoms with Crippen molar-refractivity contribution in [2.45, 2.75) is 13.5 Å². The highest BCUT2D eigenvalue weighted by atomic mass is 35.5. The first kappa shape index (κ1) is 15.7. The fourth-order valence-electron chi connectivity index (χ4n) is 1.59.